The second kappa shape index (κ2) is 6.07. The minimum Gasteiger partial charge on any atom is -0.371 e. The van der Waals surface area contributed by atoms with Crippen LogP contribution in [0.25, 0.3) is 0 Å². The first kappa shape index (κ1) is 12.4. The molecule has 0 amide bonds. The van der Waals surface area contributed by atoms with Gasteiger partial charge in [0.25, 0.3) is 0 Å². The maximum atomic E-state index is 9.00. The van der Waals surface area contributed by atoms with Crippen molar-refractivity contribution in [2.75, 3.05) is 18.0 Å². The SMILES string of the molecule is N#Cc1cc(Br)cc(N2CCCCCCC2)c1. The summed E-state index contributed by atoms with van der Waals surface area (Å²) in [5, 5.41) is 9.00. The number of hydrogen-bond acceptors (Lipinski definition) is 2. The van der Waals surface area contributed by atoms with Crippen LogP contribution in [0.4, 0.5) is 5.69 Å². The quantitative estimate of drug-likeness (QED) is 0.779. The van der Waals surface area contributed by atoms with Crippen LogP contribution in [-0.4, -0.2) is 13.1 Å². The van der Waals surface area contributed by atoms with E-state index < -0.39 is 0 Å². The first-order valence-electron chi connectivity index (χ1n) is 6.25. The van der Waals surface area contributed by atoms with Crippen molar-refractivity contribution in [1.82, 2.24) is 0 Å². The fourth-order valence-electron chi connectivity index (χ4n) is 2.33. The highest BCUT2D eigenvalue weighted by Gasteiger charge is 2.10. The van der Waals surface area contributed by atoms with Crippen LogP contribution in [0.1, 0.15) is 37.7 Å². The predicted molar refractivity (Wildman–Crippen MR) is 74.2 cm³/mol. The summed E-state index contributed by atoms with van der Waals surface area (Å²) in [6, 6.07) is 8.19. The van der Waals surface area contributed by atoms with E-state index in [-0.39, 0.29) is 0 Å². The lowest BCUT2D eigenvalue weighted by molar-refractivity contribution is 0.556. The van der Waals surface area contributed by atoms with Gasteiger partial charge in [-0.1, -0.05) is 35.2 Å². The van der Waals surface area contributed by atoms with Gasteiger partial charge in [0.2, 0.25) is 0 Å². The first-order valence-corrected chi connectivity index (χ1v) is 7.04. The number of halogens is 1. The monoisotopic (exact) mass is 292 g/mol. The molecule has 0 radical (unpaired) electrons. The lowest BCUT2D eigenvalue weighted by Gasteiger charge is -2.27. The molecule has 0 saturated carbocycles. The Morgan fingerprint density at radius 2 is 1.65 bits per heavy atom. The van der Waals surface area contributed by atoms with Crippen LogP contribution in [-0.2, 0) is 0 Å². The zero-order valence-electron chi connectivity index (χ0n) is 9.95. The molecule has 1 aliphatic rings. The Bertz CT molecular complexity index is 415. The largest absolute Gasteiger partial charge is 0.371 e. The van der Waals surface area contributed by atoms with E-state index in [0.717, 1.165) is 23.1 Å². The molecule has 0 spiro atoms. The van der Waals surface area contributed by atoms with E-state index in [4.69, 9.17) is 5.26 Å². The van der Waals surface area contributed by atoms with Crippen LogP contribution in [0.5, 0.6) is 0 Å². The molecule has 1 aromatic carbocycles. The molecule has 0 aliphatic carbocycles. The molecule has 0 N–H and O–H groups in total. The smallest absolute Gasteiger partial charge is 0.0992 e. The van der Waals surface area contributed by atoms with Gasteiger partial charge in [-0.3, -0.25) is 0 Å². The fraction of sp³-hybridized carbons (Fsp3) is 0.500. The minimum absolute atomic E-state index is 0.733. The molecule has 1 saturated heterocycles. The maximum Gasteiger partial charge on any atom is 0.0992 e. The highest BCUT2D eigenvalue weighted by Crippen LogP contribution is 2.24. The Kier molecular flexibility index (Phi) is 4.44. The molecule has 90 valence electrons. The maximum absolute atomic E-state index is 9.00. The van der Waals surface area contributed by atoms with Crippen molar-refractivity contribution in [2.24, 2.45) is 0 Å². The van der Waals surface area contributed by atoms with Gasteiger partial charge >= 0.3 is 0 Å². The van der Waals surface area contributed by atoms with E-state index >= 15 is 0 Å². The Labute approximate surface area is 111 Å². The fourth-order valence-corrected chi connectivity index (χ4v) is 2.81. The summed E-state index contributed by atoms with van der Waals surface area (Å²) in [7, 11) is 0. The molecule has 0 bridgehead atoms. The summed E-state index contributed by atoms with van der Waals surface area (Å²) in [6.45, 7) is 2.22. The summed E-state index contributed by atoms with van der Waals surface area (Å²) in [5.41, 5.74) is 1.91. The number of nitrogens with zero attached hydrogens (tertiary/aromatic N) is 2. The van der Waals surface area contributed by atoms with E-state index in [0.29, 0.717) is 0 Å². The van der Waals surface area contributed by atoms with Crippen molar-refractivity contribution >= 4 is 21.6 Å². The molecule has 2 rings (SSSR count). The van der Waals surface area contributed by atoms with Crippen LogP contribution in [0.15, 0.2) is 22.7 Å². The normalized spacial score (nSPS) is 17.1. The van der Waals surface area contributed by atoms with Crippen molar-refractivity contribution in [3.8, 4) is 6.07 Å². The molecule has 0 atom stereocenters. The molecular formula is C14H17BrN2. The van der Waals surface area contributed by atoms with Crippen LogP contribution in [0.3, 0.4) is 0 Å². The third kappa shape index (κ3) is 3.47. The molecule has 0 aromatic heterocycles. The van der Waals surface area contributed by atoms with E-state index in [2.05, 4.69) is 33.0 Å². The topological polar surface area (TPSA) is 27.0 Å². The minimum atomic E-state index is 0.733. The number of benzene rings is 1. The third-order valence-electron chi connectivity index (χ3n) is 3.23. The number of rotatable bonds is 1. The van der Waals surface area contributed by atoms with Gasteiger partial charge in [-0.2, -0.15) is 5.26 Å². The second-order valence-electron chi connectivity index (χ2n) is 4.56. The van der Waals surface area contributed by atoms with Crippen LogP contribution in [0, 0.1) is 11.3 Å². The summed E-state index contributed by atoms with van der Waals surface area (Å²) in [4.78, 5) is 2.41. The molecule has 1 heterocycles. The summed E-state index contributed by atoms with van der Waals surface area (Å²) >= 11 is 3.48. The first-order chi connectivity index (χ1) is 8.29. The predicted octanol–water partition coefficient (Wildman–Crippen LogP) is 4.09. The molecular weight excluding hydrogens is 276 g/mol. The molecule has 1 fully saturated rings. The third-order valence-corrected chi connectivity index (χ3v) is 3.69. The van der Waals surface area contributed by atoms with Gasteiger partial charge in [0.05, 0.1) is 11.6 Å². The van der Waals surface area contributed by atoms with Gasteiger partial charge in [-0.25, -0.2) is 0 Å². The van der Waals surface area contributed by atoms with Crippen molar-refractivity contribution in [1.29, 1.82) is 5.26 Å². The van der Waals surface area contributed by atoms with Crippen LogP contribution >= 0.6 is 15.9 Å². The average molecular weight is 293 g/mol. The zero-order valence-corrected chi connectivity index (χ0v) is 11.5. The van der Waals surface area contributed by atoms with E-state index in [1.807, 2.05) is 12.1 Å². The molecule has 3 heteroatoms. The van der Waals surface area contributed by atoms with Gasteiger partial charge < -0.3 is 4.90 Å². The number of anilines is 1. The average Bonchev–Trinajstić information content (AvgIpc) is 2.27. The lowest BCUT2D eigenvalue weighted by Crippen LogP contribution is -2.27. The van der Waals surface area contributed by atoms with Crippen LogP contribution < -0.4 is 4.90 Å². The molecule has 1 aliphatic heterocycles. The van der Waals surface area contributed by atoms with Crippen molar-refractivity contribution < 1.29 is 0 Å². The number of nitriles is 1. The Morgan fingerprint density at radius 1 is 1.00 bits per heavy atom. The Morgan fingerprint density at radius 3 is 2.29 bits per heavy atom. The highest BCUT2D eigenvalue weighted by molar-refractivity contribution is 9.10. The van der Waals surface area contributed by atoms with Gasteiger partial charge in [-0.05, 0) is 31.0 Å². The highest BCUT2D eigenvalue weighted by atomic mass is 79.9. The molecule has 1 aromatic rings. The van der Waals surface area contributed by atoms with Gasteiger partial charge in [0.1, 0.15) is 0 Å². The van der Waals surface area contributed by atoms with Gasteiger partial charge in [-0.15, -0.1) is 0 Å². The second-order valence-corrected chi connectivity index (χ2v) is 5.48. The zero-order chi connectivity index (χ0) is 12.1. The van der Waals surface area contributed by atoms with Gasteiger partial charge in [0.15, 0.2) is 0 Å². The number of hydrogen-bond donors (Lipinski definition) is 0. The Balaban J connectivity index is 2.19. The van der Waals surface area contributed by atoms with Crippen LogP contribution in [0.2, 0.25) is 0 Å². The lowest BCUT2D eigenvalue weighted by atomic mass is 10.1. The van der Waals surface area contributed by atoms with Crippen molar-refractivity contribution in [2.45, 2.75) is 32.1 Å². The molecule has 0 unspecified atom stereocenters. The Hall–Kier alpha value is -1.01. The summed E-state index contributed by atoms with van der Waals surface area (Å²) in [6.07, 6.45) is 6.55. The van der Waals surface area contributed by atoms with Gasteiger partial charge in [0, 0.05) is 23.2 Å². The van der Waals surface area contributed by atoms with Crippen molar-refractivity contribution in [3.05, 3.63) is 28.2 Å². The molecule has 2 nitrogen and oxygen atoms in total. The van der Waals surface area contributed by atoms with E-state index in [1.165, 1.54) is 37.8 Å². The van der Waals surface area contributed by atoms with E-state index in [1.54, 1.807) is 0 Å². The molecule has 17 heavy (non-hydrogen) atoms. The summed E-state index contributed by atoms with van der Waals surface area (Å²) in [5.74, 6) is 0. The van der Waals surface area contributed by atoms with E-state index in [9.17, 15) is 0 Å². The summed E-state index contributed by atoms with van der Waals surface area (Å²) < 4.78 is 0.994. The van der Waals surface area contributed by atoms with Crippen molar-refractivity contribution in [3.63, 3.8) is 0 Å². The standard InChI is InChI=1S/C14H17BrN2/c15-13-8-12(11-16)9-14(10-13)17-6-4-2-1-3-5-7-17/h8-10H,1-7H2.